The van der Waals surface area contributed by atoms with Crippen LogP contribution >= 0.6 is 0 Å². The largest absolute Gasteiger partial charge is 0.374 e. The van der Waals surface area contributed by atoms with Crippen LogP contribution in [0, 0.1) is 0 Å². The molecule has 1 aliphatic rings. The zero-order valence-electron chi connectivity index (χ0n) is 4.55. The molecule has 1 atom stereocenters. The SMILES string of the molecule is CC1C=CCCO1. The van der Waals surface area contributed by atoms with E-state index in [9.17, 15) is 0 Å². The molecule has 40 valence electrons. The second-order valence-electron chi connectivity index (χ2n) is 1.79. The Morgan fingerprint density at radius 3 is 2.86 bits per heavy atom. The summed E-state index contributed by atoms with van der Waals surface area (Å²) in [5, 5.41) is 0. The summed E-state index contributed by atoms with van der Waals surface area (Å²) in [6, 6.07) is 0. The van der Waals surface area contributed by atoms with Crippen LogP contribution in [0.1, 0.15) is 13.3 Å². The van der Waals surface area contributed by atoms with Crippen molar-refractivity contribution in [1.82, 2.24) is 0 Å². The van der Waals surface area contributed by atoms with Crippen LogP contribution in [0.3, 0.4) is 0 Å². The molecule has 0 saturated heterocycles. The molecular formula is C6H10O. The predicted molar refractivity (Wildman–Crippen MR) is 29.2 cm³/mol. The predicted octanol–water partition coefficient (Wildman–Crippen LogP) is 1.35. The minimum atomic E-state index is 0.355. The van der Waals surface area contributed by atoms with Crippen LogP contribution in [-0.4, -0.2) is 12.7 Å². The van der Waals surface area contributed by atoms with Gasteiger partial charge < -0.3 is 4.74 Å². The lowest BCUT2D eigenvalue weighted by atomic mass is 10.3. The molecular weight excluding hydrogens is 88.1 g/mol. The number of hydrogen-bond donors (Lipinski definition) is 0. The third-order valence-electron chi connectivity index (χ3n) is 1.07. The van der Waals surface area contributed by atoms with Crippen molar-refractivity contribution in [1.29, 1.82) is 0 Å². The third-order valence-corrected chi connectivity index (χ3v) is 1.07. The number of hydrogen-bond acceptors (Lipinski definition) is 1. The highest BCUT2D eigenvalue weighted by Gasteiger charge is 1.98. The average Bonchev–Trinajstić information content (AvgIpc) is 1.69. The molecule has 0 radical (unpaired) electrons. The smallest absolute Gasteiger partial charge is 0.0727 e. The second-order valence-corrected chi connectivity index (χ2v) is 1.79. The molecule has 1 rings (SSSR count). The maximum atomic E-state index is 5.19. The summed E-state index contributed by atoms with van der Waals surface area (Å²) in [4.78, 5) is 0. The van der Waals surface area contributed by atoms with Gasteiger partial charge in [-0.25, -0.2) is 0 Å². The minimum Gasteiger partial charge on any atom is -0.374 e. The molecule has 1 nitrogen and oxygen atoms in total. The number of rotatable bonds is 0. The highest BCUT2D eigenvalue weighted by atomic mass is 16.5. The van der Waals surface area contributed by atoms with Gasteiger partial charge in [-0.2, -0.15) is 0 Å². The highest BCUT2D eigenvalue weighted by Crippen LogP contribution is 2.01. The molecule has 0 fully saturated rings. The fraction of sp³-hybridized carbons (Fsp3) is 0.667. The topological polar surface area (TPSA) is 9.23 Å². The summed E-state index contributed by atoms with van der Waals surface area (Å²) < 4.78 is 5.19. The fourth-order valence-corrected chi connectivity index (χ4v) is 0.665. The Hall–Kier alpha value is -0.300. The van der Waals surface area contributed by atoms with Crippen molar-refractivity contribution in [3.63, 3.8) is 0 Å². The quantitative estimate of drug-likeness (QED) is 0.415. The molecule has 1 unspecified atom stereocenters. The van der Waals surface area contributed by atoms with E-state index in [-0.39, 0.29) is 0 Å². The molecule has 1 heteroatoms. The minimum absolute atomic E-state index is 0.355. The molecule has 0 bridgehead atoms. The van der Waals surface area contributed by atoms with Crippen LogP contribution in [0.15, 0.2) is 12.2 Å². The van der Waals surface area contributed by atoms with Crippen molar-refractivity contribution in [3.05, 3.63) is 12.2 Å². The lowest BCUT2D eigenvalue weighted by Crippen LogP contribution is -2.08. The van der Waals surface area contributed by atoms with E-state index in [1.165, 1.54) is 0 Å². The van der Waals surface area contributed by atoms with Crippen LogP contribution in [0.4, 0.5) is 0 Å². The van der Waals surface area contributed by atoms with Crippen molar-refractivity contribution >= 4 is 0 Å². The van der Waals surface area contributed by atoms with Crippen molar-refractivity contribution in [2.24, 2.45) is 0 Å². The summed E-state index contributed by atoms with van der Waals surface area (Å²) in [6.45, 7) is 2.95. The Labute approximate surface area is 44.0 Å². The van der Waals surface area contributed by atoms with Crippen LogP contribution in [-0.2, 0) is 4.74 Å². The molecule has 0 aromatic heterocycles. The Balaban J connectivity index is 2.36. The van der Waals surface area contributed by atoms with Gasteiger partial charge in [-0.1, -0.05) is 12.2 Å². The van der Waals surface area contributed by atoms with Crippen LogP contribution in [0.2, 0.25) is 0 Å². The first kappa shape index (κ1) is 4.85. The molecule has 0 aromatic carbocycles. The summed E-state index contributed by atoms with van der Waals surface area (Å²) in [6.07, 6.45) is 5.69. The normalized spacial score (nSPS) is 30.7. The van der Waals surface area contributed by atoms with E-state index >= 15 is 0 Å². The zero-order valence-corrected chi connectivity index (χ0v) is 4.55. The standard InChI is InChI=1S/C6H10O/c1-6-4-2-3-5-7-6/h2,4,6H,3,5H2,1H3. The van der Waals surface area contributed by atoms with Crippen molar-refractivity contribution in [2.75, 3.05) is 6.61 Å². The Kier molecular flexibility index (Phi) is 1.47. The maximum absolute atomic E-state index is 5.19. The van der Waals surface area contributed by atoms with E-state index in [0.717, 1.165) is 13.0 Å². The van der Waals surface area contributed by atoms with Gasteiger partial charge in [0.25, 0.3) is 0 Å². The molecule has 0 amide bonds. The zero-order chi connectivity index (χ0) is 5.11. The van der Waals surface area contributed by atoms with Crippen LogP contribution in [0.25, 0.3) is 0 Å². The number of ether oxygens (including phenoxy) is 1. The monoisotopic (exact) mass is 98.1 g/mol. The molecule has 1 aliphatic heterocycles. The van der Waals surface area contributed by atoms with Crippen LogP contribution in [0.5, 0.6) is 0 Å². The second kappa shape index (κ2) is 2.12. The average molecular weight is 98.1 g/mol. The molecule has 0 aliphatic carbocycles. The van der Waals surface area contributed by atoms with Gasteiger partial charge in [0.1, 0.15) is 0 Å². The van der Waals surface area contributed by atoms with E-state index in [2.05, 4.69) is 19.1 Å². The molecule has 0 spiro atoms. The molecule has 0 saturated carbocycles. The van der Waals surface area contributed by atoms with Crippen LogP contribution < -0.4 is 0 Å². The van der Waals surface area contributed by atoms with E-state index in [1.54, 1.807) is 0 Å². The first-order valence-electron chi connectivity index (χ1n) is 2.68. The molecule has 0 aromatic rings. The van der Waals surface area contributed by atoms with Gasteiger partial charge in [0.2, 0.25) is 0 Å². The first-order valence-corrected chi connectivity index (χ1v) is 2.68. The first-order chi connectivity index (χ1) is 3.39. The lowest BCUT2D eigenvalue weighted by Gasteiger charge is -2.10. The lowest BCUT2D eigenvalue weighted by molar-refractivity contribution is 0.0925. The molecule has 1 heterocycles. The van der Waals surface area contributed by atoms with Gasteiger partial charge in [-0.3, -0.25) is 0 Å². The highest BCUT2D eigenvalue weighted by molar-refractivity contribution is 4.90. The van der Waals surface area contributed by atoms with Gasteiger partial charge in [0, 0.05) is 0 Å². The van der Waals surface area contributed by atoms with Gasteiger partial charge >= 0.3 is 0 Å². The summed E-state index contributed by atoms with van der Waals surface area (Å²) in [5.41, 5.74) is 0. The van der Waals surface area contributed by atoms with Gasteiger partial charge in [-0.05, 0) is 13.3 Å². The van der Waals surface area contributed by atoms with E-state index in [1.807, 2.05) is 0 Å². The van der Waals surface area contributed by atoms with Gasteiger partial charge in [0.05, 0.1) is 12.7 Å². The van der Waals surface area contributed by atoms with E-state index < -0.39 is 0 Å². The van der Waals surface area contributed by atoms with Crippen molar-refractivity contribution in [3.8, 4) is 0 Å². The molecule has 7 heavy (non-hydrogen) atoms. The fourth-order valence-electron chi connectivity index (χ4n) is 0.665. The van der Waals surface area contributed by atoms with Gasteiger partial charge in [0.15, 0.2) is 0 Å². The Bertz CT molecular complexity index is 76.2. The Morgan fingerprint density at radius 2 is 2.57 bits per heavy atom. The van der Waals surface area contributed by atoms with Gasteiger partial charge in [-0.15, -0.1) is 0 Å². The summed E-state index contributed by atoms with van der Waals surface area (Å²) in [5.74, 6) is 0. The van der Waals surface area contributed by atoms with E-state index in [4.69, 9.17) is 4.74 Å². The Morgan fingerprint density at radius 1 is 1.71 bits per heavy atom. The van der Waals surface area contributed by atoms with Crippen molar-refractivity contribution in [2.45, 2.75) is 19.4 Å². The maximum Gasteiger partial charge on any atom is 0.0727 e. The third kappa shape index (κ3) is 1.32. The van der Waals surface area contributed by atoms with Crippen molar-refractivity contribution < 1.29 is 4.74 Å². The summed E-state index contributed by atoms with van der Waals surface area (Å²) >= 11 is 0. The summed E-state index contributed by atoms with van der Waals surface area (Å²) in [7, 11) is 0. The molecule has 0 N–H and O–H groups in total. The van der Waals surface area contributed by atoms with E-state index in [0.29, 0.717) is 6.10 Å².